The minimum atomic E-state index is -4.64. The van der Waals surface area contributed by atoms with E-state index in [0.29, 0.717) is 17.4 Å². The van der Waals surface area contributed by atoms with Crippen molar-refractivity contribution in [2.24, 2.45) is 0 Å². The summed E-state index contributed by atoms with van der Waals surface area (Å²) in [7, 11) is 1.19. The maximum Gasteiger partial charge on any atom is 0.306 e. The standard InChI is InChI=1S/C73H144NO8P/c1-6-8-10-12-14-16-18-20-22-24-26-28-30-31-32-33-34-35-36-37-38-39-40-41-42-44-45-47-49-51-53-55-57-59-61-63-65-72(75)79-69-71(70-81-83(77,78)80-68-67-74(3,4)5)82-73(76)66-64-62-60-58-56-54-52-50-48-46-43-29-27-25-23-21-19-17-15-13-11-9-7-2/h25,27,71H,6-24,26,28-70H2,1-5H3/b27-25-. The summed E-state index contributed by atoms with van der Waals surface area (Å²) in [6, 6.07) is 0. The highest BCUT2D eigenvalue weighted by atomic mass is 31.2. The zero-order valence-corrected chi connectivity index (χ0v) is 57.3. The Labute approximate surface area is 517 Å². The van der Waals surface area contributed by atoms with Crippen molar-refractivity contribution in [1.82, 2.24) is 0 Å². The van der Waals surface area contributed by atoms with E-state index in [0.717, 1.165) is 38.5 Å². The maximum atomic E-state index is 12.9. The van der Waals surface area contributed by atoms with E-state index in [1.54, 1.807) is 0 Å². The molecule has 0 spiro atoms. The van der Waals surface area contributed by atoms with Gasteiger partial charge in [0.1, 0.15) is 19.8 Å². The zero-order chi connectivity index (χ0) is 60.5. The molecule has 0 bridgehead atoms. The number of hydrogen-bond donors (Lipinski definition) is 0. The lowest BCUT2D eigenvalue weighted by molar-refractivity contribution is -0.870. The molecule has 0 saturated carbocycles. The van der Waals surface area contributed by atoms with Crippen LogP contribution in [-0.4, -0.2) is 70.0 Å². The van der Waals surface area contributed by atoms with Crippen LogP contribution in [0.25, 0.3) is 0 Å². The fourth-order valence-corrected chi connectivity index (χ4v) is 12.1. The third-order valence-electron chi connectivity index (χ3n) is 17.0. The van der Waals surface area contributed by atoms with E-state index in [9.17, 15) is 19.0 Å². The van der Waals surface area contributed by atoms with Gasteiger partial charge in [-0.05, 0) is 38.5 Å². The topological polar surface area (TPSA) is 111 Å². The average Bonchev–Trinajstić information content (AvgIpc) is 3.49. The number of hydrogen-bond acceptors (Lipinski definition) is 8. The monoisotopic (exact) mass is 1190 g/mol. The normalized spacial score (nSPS) is 13.1. The van der Waals surface area contributed by atoms with E-state index >= 15 is 0 Å². The van der Waals surface area contributed by atoms with Gasteiger partial charge in [0.25, 0.3) is 7.82 Å². The number of quaternary nitrogens is 1. The summed E-state index contributed by atoms with van der Waals surface area (Å²) in [5, 5.41) is 0. The van der Waals surface area contributed by atoms with Crippen molar-refractivity contribution in [3.05, 3.63) is 12.2 Å². The van der Waals surface area contributed by atoms with Crippen LogP contribution in [0.3, 0.4) is 0 Å². The number of phosphoric acid groups is 1. The molecule has 0 aromatic rings. The Hall–Kier alpha value is -1.25. The highest BCUT2D eigenvalue weighted by molar-refractivity contribution is 7.45. The molecule has 0 aromatic carbocycles. The van der Waals surface area contributed by atoms with Crippen LogP contribution in [0.15, 0.2) is 12.2 Å². The molecular weight excluding hydrogens is 1050 g/mol. The lowest BCUT2D eigenvalue weighted by atomic mass is 10.0. The van der Waals surface area contributed by atoms with Crippen LogP contribution < -0.4 is 4.89 Å². The molecule has 0 aliphatic carbocycles. The fraction of sp³-hybridized carbons (Fsp3) is 0.945. The number of likely N-dealkylation sites (N-methyl/N-ethyl adjacent to an activating group) is 1. The molecule has 2 unspecified atom stereocenters. The van der Waals surface area contributed by atoms with Gasteiger partial charge in [0, 0.05) is 12.8 Å². The predicted molar refractivity (Wildman–Crippen MR) is 356 cm³/mol. The van der Waals surface area contributed by atoms with Gasteiger partial charge in [-0.3, -0.25) is 14.2 Å². The molecule has 0 radical (unpaired) electrons. The van der Waals surface area contributed by atoms with Crippen molar-refractivity contribution in [2.75, 3.05) is 47.5 Å². The Bertz CT molecular complexity index is 1400. The van der Waals surface area contributed by atoms with Crippen molar-refractivity contribution in [2.45, 2.75) is 399 Å². The van der Waals surface area contributed by atoms with Gasteiger partial charge in [0.15, 0.2) is 6.10 Å². The van der Waals surface area contributed by atoms with Crippen molar-refractivity contribution >= 4 is 19.8 Å². The van der Waals surface area contributed by atoms with Crippen LogP contribution >= 0.6 is 7.82 Å². The van der Waals surface area contributed by atoms with Gasteiger partial charge in [-0.1, -0.05) is 353 Å². The largest absolute Gasteiger partial charge is 0.756 e. The van der Waals surface area contributed by atoms with Crippen LogP contribution in [-0.2, 0) is 32.7 Å². The molecule has 494 valence electrons. The third-order valence-corrected chi connectivity index (χ3v) is 18.0. The van der Waals surface area contributed by atoms with Crippen LogP contribution in [0, 0.1) is 0 Å². The van der Waals surface area contributed by atoms with E-state index < -0.39 is 26.5 Å². The number of esters is 2. The van der Waals surface area contributed by atoms with Crippen LogP contribution in [0.1, 0.15) is 393 Å². The second-order valence-corrected chi connectivity index (χ2v) is 28.1. The minimum absolute atomic E-state index is 0.0268. The highest BCUT2D eigenvalue weighted by Gasteiger charge is 2.22. The first-order valence-corrected chi connectivity index (χ1v) is 38.4. The van der Waals surface area contributed by atoms with Crippen molar-refractivity contribution in [3.8, 4) is 0 Å². The average molecular weight is 1190 g/mol. The molecular formula is C73H144NO8P. The third kappa shape index (κ3) is 69.7. The molecule has 0 saturated heterocycles. The number of carbonyl (C=O) groups excluding carboxylic acids is 2. The maximum absolute atomic E-state index is 12.9. The van der Waals surface area contributed by atoms with Gasteiger partial charge >= 0.3 is 11.9 Å². The second-order valence-electron chi connectivity index (χ2n) is 26.7. The number of nitrogens with zero attached hydrogens (tertiary/aromatic N) is 1. The van der Waals surface area contributed by atoms with Gasteiger partial charge < -0.3 is 27.9 Å². The predicted octanol–water partition coefficient (Wildman–Crippen LogP) is 23.3. The number of ether oxygens (including phenoxy) is 2. The number of rotatable bonds is 70. The van der Waals surface area contributed by atoms with Crippen molar-refractivity contribution in [1.29, 1.82) is 0 Å². The van der Waals surface area contributed by atoms with Crippen molar-refractivity contribution in [3.63, 3.8) is 0 Å². The Morgan fingerprint density at radius 3 is 0.892 bits per heavy atom. The van der Waals surface area contributed by atoms with Crippen LogP contribution in [0.2, 0.25) is 0 Å². The van der Waals surface area contributed by atoms with E-state index in [-0.39, 0.29) is 32.0 Å². The van der Waals surface area contributed by atoms with Gasteiger partial charge in [0.05, 0.1) is 27.7 Å². The molecule has 2 atom stereocenters. The Kier molecular flexibility index (Phi) is 64.2. The van der Waals surface area contributed by atoms with E-state index in [1.165, 1.54) is 321 Å². The lowest BCUT2D eigenvalue weighted by Gasteiger charge is -2.28. The summed E-state index contributed by atoms with van der Waals surface area (Å²) in [4.78, 5) is 38.1. The Balaban J connectivity index is 3.91. The zero-order valence-electron chi connectivity index (χ0n) is 56.4. The van der Waals surface area contributed by atoms with Gasteiger partial charge in [-0.25, -0.2) is 0 Å². The fourth-order valence-electron chi connectivity index (χ4n) is 11.4. The SMILES string of the molecule is CCCCCCCCCC/C=C\CCCCCCCCCCCCCC(=O)OC(COC(=O)CCCCCCCCCCCCCCCCCCCCCCCCCCCCCCCCCCCCCC)COP(=O)([O-])OCC[N+](C)(C)C. The Morgan fingerprint density at radius 2 is 0.614 bits per heavy atom. The molecule has 0 rings (SSSR count). The molecule has 0 aliphatic rings. The number of carbonyl (C=O) groups is 2. The number of phosphoric ester groups is 1. The molecule has 83 heavy (non-hydrogen) atoms. The molecule has 0 fully saturated rings. The second kappa shape index (κ2) is 65.2. The molecule has 0 amide bonds. The summed E-state index contributed by atoms with van der Waals surface area (Å²) < 4.78 is 34.3. The first-order chi connectivity index (χ1) is 40.5. The van der Waals surface area contributed by atoms with Gasteiger partial charge in [-0.15, -0.1) is 0 Å². The van der Waals surface area contributed by atoms with Crippen LogP contribution in [0.5, 0.6) is 0 Å². The summed E-state index contributed by atoms with van der Waals surface area (Å²) in [5.41, 5.74) is 0. The number of unbranched alkanes of at least 4 members (excludes halogenated alkanes) is 54. The van der Waals surface area contributed by atoms with Gasteiger partial charge in [0.2, 0.25) is 0 Å². The molecule has 0 aromatic heterocycles. The molecule has 10 heteroatoms. The first-order valence-electron chi connectivity index (χ1n) is 36.9. The minimum Gasteiger partial charge on any atom is -0.756 e. The number of allylic oxidation sites excluding steroid dienone is 2. The van der Waals surface area contributed by atoms with Crippen LogP contribution in [0.4, 0.5) is 0 Å². The van der Waals surface area contributed by atoms with Crippen molar-refractivity contribution < 1.29 is 42.1 Å². The van der Waals surface area contributed by atoms with E-state index in [1.807, 2.05) is 21.1 Å². The van der Waals surface area contributed by atoms with E-state index in [4.69, 9.17) is 18.5 Å². The lowest BCUT2D eigenvalue weighted by Crippen LogP contribution is -2.37. The molecule has 0 heterocycles. The summed E-state index contributed by atoms with van der Waals surface area (Å²) in [6.45, 7) is 4.32. The summed E-state index contributed by atoms with van der Waals surface area (Å²) >= 11 is 0. The highest BCUT2D eigenvalue weighted by Crippen LogP contribution is 2.38. The first kappa shape index (κ1) is 81.8. The quantitative estimate of drug-likeness (QED) is 0.0195. The summed E-state index contributed by atoms with van der Waals surface area (Å²) in [5.74, 6) is -0.809. The Morgan fingerprint density at radius 1 is 0.361 bits per heavy atom. The molecule has 9 nitrogen and oxygen atoms in total. The summed E-state index contributed by atoms with van der Waals surface area (Å²) in [6.07, 6.45) is 80.4. The van der Waals surface area contributed by atoms with E-state index in [2.05, 4.69) is 26.0 Å². The smallest absolute Gasteiger partial charge is 0.306 e. The molecule has 0 N–H and O–H groups in total. The molecule has 0 aliphatic heterocycles. The van der Waals surface area contributed by atoms with Gasteiger partial charge in [-0.2, -0.15) is 0 Å².